The van der Waals surface area contributed by atoms with Crippen LogP contribution in [0.4, 0.5) is 10.5 Å². The molecule has 140 valence electrons. The summed E-state index contributed by atoms with van der Waals surface area (Å²) >= 11 is 3.96. The Morgan fingerprint density at radius 3 is 2.24 bits per heavy atom. The highest BCUT2D eigenvalue weighted by Crippen LogP contribution is 2.11. The molecule has 1 aromatic carbocycles. The zero-order valence-corrected chi connectivity index (χ0v) is 16.3. The number of hydrogen-bond donors (Lipinski definition) is 3. The molecular weight excluding hydrogens is 334 g/mol. The number of carbonyl (C=O) groups is 2. The maximum Gasteiger partial charge on any atom is 0.315 e. The molecule has 0 aliphatic carbocycles. The molecular formula is C19H31N3O2S. The van der Waals surface area contributed by atoms with Gasteiger partial charge in [0.2, 0.25) is 0 Å². The van der Waals surface area contributed by atoms with Gasteiger partial charge in [-0.15, -0.1) is 0 Å². The Bertz CT molecular complexity index is 518. The van der Waals surface area contributed by atoms with Gasteiger partial charge >= 0.3 is 6.03 Å². The van der Waals surface area contributed by atoms with Gasteiger partial charge in [0.1, 0.15) is 5.78 Å². The summed E-state index contributed by atoms with van der Waals surface area (Å²) in [7, 11) is 4.00. The molecule has 0 radical (unpaired) electrons. The molecule has 0 aliphatic rings. The van der Waals surface area contributed by atoms with Crippen LogP contribution in [0.3, 0.4) is 0 Å². The normalized spacial score (nSPS) is 10.4. The van der Waals surface area contributed by atoms with Gasteiger partial charge in [-0.3, -0.25) is 4.79 Å². The van der Waals surface area contributed by atoms with Crippen LogP contribution in [0, 0.1) is 0 Å². The van der Waals surface area contributed by atoms with Crippen molar-refractivity contribution in [1.82, 2.24) is 10.6 Å². The van der Waals surface area contributed by atoms with Crippen LogP contribution in [-0.2, 0) is 11.3 Å². The van der Waals surface area contributed by atoms with Gasteiger partial charge in [-0.05, 0) is 30.5 Å². The summed E-state index contributed by atoms with van der Waals surface area (Å²) in [5, 5.41) is 5.75. The van der Waals surface area contributed by atoms with Gasteiger partial charge in [-0.2, -0.15) is 12.6 Å². The van der Waals surface area contributed by atoms with E-state index in [2.05, 4.69) is 23.3 Å². The number of unbranched alkanes of at least 4 members (excludes halogenated alkanes) is 4. The Morgan fingerprint density at radius 1 is 0.960 bits per heavy atom. The second kappa shape index (κ2) is 12.6. The molecule has 25 heavy (non-hydrogen) atoms. The Hall–Kier alpha value is -1.69. The van der Waals surface area contributed by atoms with E-state index >= 15 is 0 Å². The Labute approximate surface area is 157 Å². The standard InChI is InChI=1S/C19H31N3O2S/c1-22(2)17-11-9-16(10-12-17)14-21-19(24)20-13-7-5-3-4-6-8-18(23)15-25/h9-12,25H,3-8,13-15H2,1-2H3,(H2,20,21,24). The van der Waals surface area contributed by atoms with Gasteiger partial charge in [-0.25, -0.2) is 4.79 Å². The molecule has 0 bridgehead atoms. The molecule has 1 rings (SSSR count). The van der Waals surface area contributed by atoms with Crippen LogP contribution in [0.2, 0.25) is 0 Å². The highest BCUT2D eigenvalue weighted by molar-refractivity contribution is 7.81. The van der Waals surface area contributed by atoms with E-state index in [1.165, 1.54) is 0 Å². The number of urea groups is 1. The lowest BCUT2D eigenvalue weighted by atomic mass is 10.1. The third kappa shape index (κ3) is 10.0. The van der Waals surface area contributed by atoms with Crippen LogP contribution in [-0.4, -0.2) is 38.2 Å². The molecule has 0 unspecified atom stereocenters. The number of thiol groups is 1. The van der Waals surface area contributed by atoms with E-state index < -0.39 is 0 Å². The largest absolute Gasteiger partial charge is 0.378 e. The topological polar surface area (TPSA) is 61.4 Å². The first-order valence-corrected chi connectivity index (χ1v) is 9.56. The summed E-state index contributed by atoms with van der Waals surface area (Å²) in [6.07, 6.45) is 5.78. The van der Waals surface area contributed by atoms with E-state index in [0.717, 1.165) is 43.4 Å². The van der Waals surface area contributed by atoms with E-state index in [1.54, 1.807) is 0 Å². The fourth-order valence-electron chi connectivity index (χ4n) is 2.42. The number of ketones is 1. The lowest BCUT2D eigenvalue weighted by molar-refractivity contribution is -0.116. The van der Waals surface area contributed by atoms with E-state index in [-0.39, 0.29) is 11.8 Å². The third-order valence-corrected chi connectivity index (χ3v) is 4.35. The minimum Gasteiger partial charge on any atom is -0.378 e. The quantitative estimate of drug-likeness (QED) is 0.393. The van der Waals surface area contributed by atoms with Crippen molar-refractivity contribution >= 4 is 30.1 Å². The minimum absolute atomic E-state index is 0.129. The molecule has 0 fully saturated rings. The van der Waals surface area contributed by atoms with E-state index in [0.29, 0.717) is 25.3 Å². The molecule has 0 saturated heterocycles. The molecule has 6 heteroatoms. The van der Waals surface area contributed by atoms with E-state index in [1.807, 2.05) is 43.3 Å². The van der Waals surface area contributed by atoms with E-state index in [4.69, 9.17) is 0 Å². The molecule has 0 saturated carbocycles. The van der Waals surface area contributed by atoms with Crippen LogP contribution in [0.5, 0.6) is 0 Å². The molecule has 0 spiro atoms. The van der Waals surface area contributed by atoms with Crippen molar-refractivity contribution in [3.63, 3.8) is 0 Å². The van der Waals surface area contributed by atoms with Crippen molar-refractivity contribution in [2.24, 2.45) is 0 Å². The summed E-state index contributed by atoms with van der Waals surface area (Å²) < 4.78 is 0. The predicted molar refractivity (Wildman–Crippen MR) is 108 cm³/mol. The van der Waals surface area contributed by atoms with Gasteiger partial charge in [0.05, 0.1) is 0 Å². The van der Waals surface area contributed by atoms with Gasteiger partial charge in [-0.1, -0.05) is 31.4 Å². The molecule has 1 aromatic rings. The average molecular weight is 366 g/mol. The molecule has 0 atom stereocenters. The smallest absolute Gasteiger partial charge is 0.315 e. The molecule has 2 N–H and O–H groups in total. The fraction of sp³-hybridized carbons (Fsp3) is 0.579. The van der Waals surface area contributed by atoms with E-state index in [9.17, 15) is 9.59 Å². The predicted octanol–water partition coefficient (Wildman–Crippen LogP) is 3.39. The van der Waals surface area contributed by atoms with Crippen molar-refractivity contribution in [3.05, 3.63) is 29.8 Å². The first-order valence-electron chi connectivity index (χ1n) is 8.93. The Kier molecular flexibility index (Phi) is 10.8. The van der Waals surface area contributed by atoms with Crippen LogP contribution in [0.1, 0.15) is 44.1 Å². The summed E-state index contributed by atoms with van der Waals surface area (Å²) in [5.74, 6) is 0.566. The third-order valence-electron chi connectivity index (χ3n) is 4.00. The molecule has 0 aromatic heterocycles. The molecule has 2 amide bonds. The highest BCUT2D eigenvalue weighted by Gasteiger charge is 2.01. The number of nitrogens with one attached hydrogen (secondary N) is 2. The van der Waals surface area contributed by atoms with Crippen molar-refractivity contribution in [1.29, 1.82) is 0 Å². The van der Waals surface area contributed by atoms with Gasteiger partial charge in [0.15, 0.2) is 0 Å². The zero-order valence-electron chi connectivity index (χ0n) is 15.4. The number of carbonyl (C=O) groups excluding carboxylic acids is 2. The van der Waals surface area contributed by atoms with Crippen LogP contribution < -0.4 is 15.5 Å². The van der Waals surface area contributed by atoms with Crippen molar-refractivity contribution in [3.8, 4) is 0 Å². The fourth-order valence-corrected chi connectivity index (χ4v) is 2.57. The lowest BCUT2D eigenvalue weighted by Crippen LogP contribution is -2.35. The van der Waals surface area contributed by atoms with Gasteiger partial charge < -0.3 is 15.5 Å². The van der Waals surface area contributed by atoms with Gasteiger partial charge in [0, 0.05) is 45.0 Å². The summed E-state index contributed by atoms with van der Waals surface area (Å²) in [6.45, 7) is 1.21. The number of nitrogens with zero attached hydrogens (tertiary/aromatic N) is 1. The second-order valence-corrected chi connectivity index (χ2v) is 6.70. The molecule has 0 heterocycles. The second-order valence-electron chi connectivity index (χ2n) is 6.38. The van der Waals surface area contributed by atoms with Gasteiger partial charge in [0.25, 0.3) is 0 Å². The number of anilines is 1. The van der Waals surface area contributed by atoms with Crippen molar-refractivity contribution < 1.29 is 9.59 Å². The number of amides is 2. The van der Waals surface area contributed by atoms with Crippen molar-refractivity contribution in [2.75, 3.05) is 31.3 Å². The first kappa shape index (κ1) is 21.4. The Balaban J connectivity index is 2.03. The molecule has 5 nitrogen and oxygen atoms in total. The monoisotopic (exact) mass is 365 g/mol. The Morgan fingerprint density at radius 2 is 1.60 bits per heavy atom. The summed E-state index contributed by atoms with van der Waals surface area (Å²) in [5.41, 5.74) is 2.22. The van der Waals surface area contributed by atoms with Crippen LogP contribution >= 0.6 is 12.6 Å². The number of Topliss-reactive ketones (excluding diaryl/α,β-unsaturated/α-hetero) is 1. The lowest BCUT2D eigenvalue weighted by Gasteiger charge is -2.13. The summed E-state index contributed by atoms with van der Waals surface area (Å²) in [4.78, 5) is 24.9. The minimum atomic E-state index is -0.129. The SMILES string of the molecule is CN(C)c1ccc(CNC(=O)NCCCCCCCC(=O)CS)cc1. The van der Waals surface area contributed by atoms with Crippen LogP contribution in [0.15, 0.2) is 24.3 Å². The first-order chi connectivity index (χ1) is 12.0. The number of hydrogen-bond acceptors (Lipinski definition) is 4. The van der Waals surface area contributed by atoms with Crippen LogP contribution in [0.25, 0.3) is 0 Å². The highest BCUT2D eigenvalue weighted by atomic mass is 32.1. The maximum atomic E-state index is 11.8. The maximum absolute atomic E-state index is 11.8. The molecule has 0 aliphatic heterocycles. The number of benzene rings is 1. The average Bonchev–Trinajstić information content (AvgIpc) is 2.62. The zero-order chi connectivity index (χ0) is 18.5. The van der Waals surface area contributed by atoms with Crippen molar-refractivity contribution in [2.45, 2.75) is 45.1 Å². The summed E-state index contributed by atoms with van der Waals surface area (Å²) in [6, 6.07) is 8.00. The number of rotatable bonds is 12.